The first kappa shape index (κ1) is 54.7. The van der Waals surface area contributed by atoms with Crippen molar-refractivity contribution in [2.75, 3.05) is 0 Å². The minimum atomic E-state index is -0.291. The molecular weight excluding hydrogens is 1140 g/mol. The van der Waals surface area contributed by atoms with Crippen molar-refractivity contribution in [3.63, 3.8) is 0 Å². The summed E-state index contributed by atoms with van der Waals surface area (Å²) in [4.78, 5) is 0. The lowest BCUT2D eigenvalue weighted by Crippen LogP contribution is -2.15. The van der Waals surface area contributed by atoms with Gasteiger partial charge in [-0.15, -0.1) is 0 Å². The zero-order valence-electron chi connectivity index (χ0n) is 52.8. The molecule has 0 aromatic heterocycles. The van der Waals surface area contributed by atoms with Crippen LogP contribution in [0, 0.1) is 0 Å². The van der Waals surface area contributed by atoms with Crippen molar-refractivity contribution in [2.24, 2.45) is 0 Å². The Hall–Kier alpha value is -12.0. The van der Waals surface area contributed by atoms with E-state index in [1.54, 1.807) is 0 Å². The average molecular weight is 1200 g/mol. The third-order valence-electron chi connectivity index (χ3n) is 21.0. The maximum Gasteiger partial charge on any atom is 0.0159 e. The van der Waals surface area contributed by atoms with E-state index < -0.39 is 0 Å². The van der Waals surface area contributed by atoms with Crippen LogP contribution in [-0.4, -0.2) is 0 Å². The number of hydrogen-bond acceptors (Lipinski definition) is 0. The Morgan fingerprint density at radius 2 is 0.368 bits per heavy atom. The Balaban J connectivity index is 0.770. The van der Waals surface area contributed by atoms with Crippen molar-refractivity contribution >= 4 is 21.5 Å². The standard InChI is InChI=1S/C95H62/c1-95(2)79-57-67(69-53-55-77-89-73(69)45-27-47-75(89)91-85(63-37-19-7-20-38-63)81(59-29-11-3-12-30-59)83(61-33-15-5-16-34-61)87(93(77)91)65-41-23-9-24-42-65)49-51-71(79)72-52-50-68(58-80(72)95)70-54-56-78-90-74(70)46-28-48-76(90)92-86(64-39-21-8-22-40-64)82(60-31-13-4-14-32-60)84(62-35-17-6-18-36-62)88(94(78)92)66-43-25-10-26-44-66/h3-58H,1-2H3. The van der Waals surface area contributed by atoms with Crippen LogP contribution < -0.4 is 0 Å². The first-order valence-electron chi connectivity index (χ1n) is 33.3. The van der Waals surface area contributed by atoms with Crippen molar-refractivity contribution in [3.05, 3.63) is 351 Å². The van der Waals surface area contributed by atoms with E-state index >= 15 is 0 Å². The van der Waals surface area contributed by atoms with Crippen molar-refractivity contribution in [3.8, 4) is 167 Å². The van der Waals surface area contributed by atoms with Crippen LogP contribution in [0.1, 0.15) is 25.0 Å². The Morgan fingerprint density at radius 1 is 0.158 bits per heavy atom. The van der Waals surface area contributed by atoms with Gasteiger partial charge < -0.3 is 0 Å². The zero-order valence-corrected chi connectivity index (χ0v) is 52.8. The number of hydrogen-bond donors (Lipinski definition) is 0. The molecule has 0 radical (unpaired) electrons. The molecule has 0 bridgehead atoms. The summed E-state index contributed by atoms with van der Waals surface area (Å²) < 4.78 is 0. The highest BCUT2D eigenvalue weighted by Crippen LogP contribution is 2.64. The van der Waals surface area contributed by atoms with E-state index in [-0.39, 0.29) is 5.41 Å². The minimum absolute atomic E-state index is 0.291. The molecule has 0 heterocycles. The molecule has 0 fully saturated rings. The highest BCUT2D eigenvalue weighted by molar-refractivity contribution is 6.29. The van der Waals surface area contributed by atoms with Crippen LogP contribution in [-0.2, 0) is 5.41 Å². The van der Waals surface area contributed by atoms with Gasteiger partial charge in [0.05, 0.1) is 0 Å². The normalized spacial score (nSPS) is 12.6. The van der Waals surface area contributed by atoms with Gasteiger partial charge in [-0.2, -0.15) is 0 Å². The number of fused-ring (bicyclic) bond motifs is 9. The predicted molar refractivity (Wildman–Crippen MR) is 402 cm³/mol. The second kappa shape index (κ2) is 21.6. The summed E-state index contributed by atoms with van der Waals surface area (Å²) in [6.45, 7) is 4.88. The SMILES string of the molecule is CC1(C)c2cc(-c3ccc4c5c(cccc35)-c3c(-c5ccccc5)c(-c5ccccc5)c(-c5ccccc5)c(-c5ccccc5)c3-4)ccc2-c2ccc(-c3ccc4c5c(cccc35)-c3c(-c5ccccc5)c(-c5ccccc5)c(-c5ccccc5)c(-c5ccccc5)c3-4)cc21. The molecule has 442 valence electrons. The summed E-state index contributed by atoms with van der Waals surface area (Å²) in [6.07, 6.45) is 0. The highest BCUT2D eigenvalue weighted by Gasteiger charge is 2.39. The molecule has 16 aromatic rings. The second-order valence-electron chi connectivity index (χ2n) is 26.4. The van der Waals surface area contributed by atoms with Gasteiger partial charge in [0.15, 0.2) is 0 Å². The molecule has 0 saturated heterocycles. The van der Waals surface area contributed by atoms with Gasteiger partial charge in [0, 0.05) is 5.41 Å². The third kappa shape index (κ3) is 8.27. The molecule has 0 atom stereocenters. The lowest BCUT2D eigenvalue weighted by molar-refractivity contribution is 0.661. The molecule has 0 N–H and O–H groups in total. The summed E-state index contributed by atoms with van der Waals surface area (Å²) in [6, 6.07) is 127. The van der Waals surface area contributed by atoms with E-state index in [0.717, 1.165) is 0 Å². The van der Waals surface area contributed by atoms with Gasteiger partial charge >= 0.3 is 0 Å². The fraction of sp³-hybridized carbons (Fsp3) is 0.0316. The van der Waals surface area contributed by atoms with Gasteiger partial charge in [0.1, 0.15) is 0 Å². The van der Waals surface area contributed by atoms with Crippen LogP contribution in [0.25, 0.3) is 188 Å². The number of benzene rings is 16. The lowest BCUT2D eigenvalue weighted by atomic mass is 9.76. The van der Waals surface area contributed by atoms with Gasteiger partial charge in [-0.05, 0) is 212 Å². The van der Waals surface area contributed by atoms with E-state index in [0.29, 0.717) is 0 Å². The second-order valence-corrected chi connectivity index (χ2v) is 26.4. The maximum absolute atomic E-state index is 2.52. The molecule has 0 unspecified atom stereocenters. The Morgan fingerprint density at radius 3 is 0.621 bits per heavy atom. The minimum Gasteiger partial charge on any atom is -0.0622 e. The molecular formula is C95H62. The van der Waals surface area contributed by atoms with E-state index in [1.165, 1.54) is 200 Å². The summed E-state index contributed by atoms with van der Waals surface area (Å²) in [5.41, 5.74) is 39.9. The average Bonchev–Trinajstić information content (AvgIpc) is 1.57. The summed E-state index contributed by atoms with van der Waals surface area (Å²) in [5.74, 6) is 0. The van der Waals surface area contributed by atoms with E-state index in [4.69, 9.17) is 0 Å². The van der Waals surface area contributed by atoms with Crippen molar-refractivity contribution in [2.45, 2.75) is 19.3 Å². The highest BCUT2D eigenvalue weighted by atomic mass is 14.4. The molecule has 95 heavy (non-hydrogen) atoms. The van der Waals surface area contributed by atoms with Crippen LogP contribution >= 0.6 is 0 Å². The van der Waals surface area contributed by atoms with Crippen LogP contribution in [0.4, 0.5) is 0 Å². The lowest BCUT2D eigenvalue weighted by Gasteiger charge is -2.26. The van der Waals surface area contributed by atoms with Crippen molar-refractivity contribution < 1.29 is 0 Å². The summed E-state index contributed by atoms with van der Waals surface area (Å²) in [5, 5.41) is 5.14. The van der Waals surface area contributed by atoms with Crippen molar-refractivity contribution in [1.82, 2.24) is 0 Å². The van der Waals surface area contributed by atoms with Crippen LogP contribution in [0.15, 0.2) is 340 Å². The molecule has 0 spiro atoms. The molecule has 16 aromatic carbocycles. The van der Waals surface area contributed by atoms with E-state index in [9.17, 15) is 0 Å². The smallest absolute Gasteiger partial charge is 0.0159 e. The molecule has 0 amide bonds. The maximum atomic E-state index is 2.52. The van der Waals surface area contributed by atoms with Gasteiger partial charge in [0.25, 0.3) is 0 Å². The first-order chi connectivity index (χ1) is 47.0. The predicted octanol–water partition coefficient (Wildman–Crippen LogP) is 26.3. The molecule has 0 heteroatoms. The van der Waals surface area contributed by atoms with Crippen LogP contribution in [0.2, 0.25) is 0 Å². The Kier molecular flexibility index (Phi) is 12.4. The Labute approximate surface area is 555 Å². The summed E-state index contributed by atoms with van der Waals surface area (Å²) in [7, 11) is 0. The molecule has 0 nitrogen and oxygen atoms in total. The quantitative estimate of drug-likeness (QED) is 0.128. The van der Waals surface area contributed by atoms with Gasteiger partial charge in [-0.3, -0.25) is 0 Å². The molecule has 19 rings (SSSR count). The number of rotatable bonds is 10. The first-order valence-corrected chi connectivity index (χ1v) is 33.3. The third-order valence-corrected chi connectivity index (χ3v) is 21.0. The van der Waals surface area contributed by atoms with Gasteiger partial charge in [0.2, 0.25) is 0 Å². The topological polar surface area (TPSA) is 0 Å². The van der Waals surface area contributed by atoms with Crippen LogP contribution in [0.5, 0.6) is 0 Å². The summed E-state index contributed by atoms with van der Waals surface area (Å²) >= 11 is 0. The molecule has 0 saturated carbocycles. The molecule has 3 aliphatic rings. The van der Waals surface area contributed by atoms with Gasteiger partial charge in [-0.1, -0.05) is 341 Å². The van der Waals surface area contributed by atoms with Crippen LogP contribution in [0.3, 0.4) is 0 Å². The largest absolute Gasteiger partial charge is 0.0622 e. The van der Waals surface area contributed by atoms with Crippen molar-refractivity contribution in [1.29, 1.82) is 0 Å². The van der Waals surface area contributed by atoms with E-state index in [2.05, 4.69) is 354 Å². The van der Waals surface area contributed by atoms with Gasteiger partial charge in [-0.25, -0.2) is 0 Å². The monoisotopic (exact) mass is 1200 g/mol. The molecule has 0 aliphatic heterocycles. The van der Waals surface area contributed by atoms with E-state index in [1.807, 2.05) is 0 Å². The Bertz CT molecular complexity index is 5180. The zero-order chi connectivity index (χ0) is 62.9. The fourth-order valence-corrected chi connectivity index (χ4v) is 16.9. The molecule has 3 aliphatic carbocycles. The fourth-order valence-electron chi connectivity index (χ4n) is 16.9.